The van der Waals surface area contributed by atoms with E-state index in [9.17, 15) is 5.11 Å². The van der Waals surface area contributed by atoms with E-state index >= 15 is 0 Å². The van der Waals surface area contributed by atoms with Crippen LogP contribution in [0.25, 0.3) is 76.8 Å². The first-order valence-corrected chi connectivity index (χ1v) is 16.3. The minimum absolute atomic E-state index is 0.0191. The lowest BCUT2D eigenvalue weighted by atomic mass is 9.85. The first kappa shape index (κ1) is 27.6. The molecule has 8 aromatic carbocycles. The Balaban J connectivity index is 1.27. The number of rotatable bonds is 6. The van der Waals surface area contributed by atoms with Gasteiger partial charge in [-0.2, -0.15) is 0 Å². The molecule has 2 nitrogen and oxygen atoms in total. The Morgan fingerprint density at radius 1 is 0.447 bits per heavy atom. The molecule has 0 spiro atoms. The number of hydrogen-bond donors (Lipinski definition) is 1. The van der Waals surface area contributed by atoms with Crippen molar-refractivity contribution in [3.63, 3.8) is 0 Å². The Kier molecular flexibility index (Phi) is 6.62. The third-order valence-corrected chi connectivity index (χ3v) is 9.75. The normalized spacial score (nSPS) is 12.0. The number of ether oxygens (including phenoxy) is 1. The van der Waals surface area contributed by atoms with Crippen LogP contribution in [-0.2, 0) is 6.42 Å². The van der Waals surface area contributed by atoms with Crippen LogP contribution in [0, 0.1) is 0 Å². The third-order valence-electron chi connectivity index (χ3n) is 9.75. The maximum atomic E-state index is 9.45. The van der Waals surface area contributed by atoms with Crippen molar-refractivity contribution in [3.05, 3.63) is 163 Å². The predicted octanol–water partition coefficient (Wildman–Crippen LogP) is 11.1. The summed E-state index contributed by atoms with van der Waals surface area (Å²) >= 11 is 0. The van der Waals surface area contributed by atoms with Gasteiger partial charge in [0.25, 0.3) is 0 Å². The fourth-order valence-corrected chi connectivity index (χ4v) is 7.60. The molecule has 0 radical (unpaired) electrons. The van der Waals surface area contributed by atoms with Crippen molar-refractivity contribution in [1.82, 2.24) is 0 Å². The highest BCUT2D eigenvalue weighted by Gasteiger charge is 2.27. The van der Waals surface area contributed by atoms with E-state index in [1.165, 1.54) is 77.2 Å². The molecule has 224 valence electrons. The standard InChI is InChI=1S/C45H32O2/c46-24-25-47-44-23-22-38(36-12-5-6-13-40(36)44)41-21-20-39-37-15-7-14-35(33-18-16-29-8-1-3-10-31(29)26-33)42(37)28-43(39)45(41)34-19-17-30-9-2-4-11-32(30)27-34/h1-23,26-27,46H,24-25,28H2. The Hall–Kier alpha value is -5.70. The van der Waals surface area contributed by atoms with Gasteiger partial charge in [0.15, 0.2) is 0 Å². The zero-order valence-corrected chi connectivity index (χ0v) is 25.9. The summed E-state index contributed by atoms with van der Waals surface area (Å²) in [5.74, 6) is 0.791. The summed E-state index contributed by atoms with van der Waals surface area (Å²) in [4.78, 5) is 0. The van der Waals surface area contributed by atoms with Gasteiger partial charge in [-0.15, -0.1) is 0 Å². The second-order valence-electron chi connectivity index (χ2n) is 12.4. The number of hydrogen-bond acceptors (Lipinski definition) is 2. The van der Waals surface area contributed by atoms with Crippen molar-refractivity contribution in [3.8, 4) is 50.3 Å². The van der Waals surface area contributed by atoms with Crippen LogP contribution in [0.3, 0.4) is 0 Å². The SMILES string of the molecule is OCCOc1ccc(-c2ccc3c(c2-c2ccc4ccccc4c2)Cc2c(-c4ccc5ccccc5c4)cccc2-3)c2ccccc12. The molecular formula is C45H32O2. The zero-order valence-electron chi connectivity index (χ0n) is 25.9. The molecule has 8 aromatic rings. The molecule has 0 aliphatic heterocycles. The Morgan fingerprint density at radius 3 is 1.81 bits per heavy atom. The Bertz CT molecular complexity index is 2490. The van der Waals surface area contributed by atoms with Gasteiger partial charge >= 0.3 is 0 Å². The van der Waals surface area contributed by atoms with Gasteiger partial charge in [0, 0.05) is 5.39 Å². The zero-order chi connectivity index (χ0) is 31.3. The molecule has 1 aliphatic carbocycles. The molecule has 47 heavy (non-hydrogen) atoms. The van der Waals surface area contributed by atoms with Crippen molar-refractivity contribution >= 4 is 32.3 Å². The van der Waals surface area contributed by atoms with Crippen molar-refractivity contribution in [2.45, 2.75) is 6.42 Å². The van der Waals surface area contributed by atoms with Crippen LogP contribution < -0.4 is 4.74 Å². The van der Waals surface area contributed by atoms with Crippen molar-refractivity contribution in [2.24, 2.45) is 0 Å². The van der Waals surface area contributed by atoms with Crippen LogP contribution >= 0.6 is 0 Å². The highest BCUT2D eigenvalue weighted by Crippen LogP contribution is 2.50. The van der Waals surface area contributed by atoms with Crippen LogP contribution in [0.15, 0.2) is 152 Å². The van der Waals surface area contributed by atoms with Crippen LogP contribution in [-0.4, -0.2) is 18.3 Å². The summed E-state index contributed by atoms with van der Waals surface area (Å²) in [7, 11) is 0. The third kappa shape index (κ3) is 4.61. The van der Waals surface area contributed by atoms with E-state index in [1.54, 1.807) is 0 Å². The van der Waals surface area contributed by atoms with E-state index in [0.29, 0.717) is 0 Å². The highest BCUT2D eigenvalue weighted by molar-refractivity contribution is 6.06. The van der Waals surface area contributed by atoms with Gasteiger partial charge in [-0.1, -0.05) is 133 Å². The first-order valence-electron chi connectivity index (χ1n) is 16.3. The van der Waals surface area contributed by atoms with Gasteiger partial charge in [0.2, 0.25) is 0 Å². The topological polar surface area (TPSA) is 29.5 Å². The molecule has 0 bridgehead atoms. The van der Waals surface area contributed by atoms with E-state index in [1.807, 2.05) is 0 Å². The van der Waals surface area contributed by atoms with Crippen LogP contribution in [0.4, 0.5) is 0 Å². The summed E-state index contributed by atoms with van der Waals surface area (Å²) in [6, 6.07) is 55.0. The summed E-state index contributed by atoms with van der Waals surface area (Å²) in [5.41, 5.74) is 12.8. The van der Waals surface area contributed by atoms with E-state index < -0.39 is 0 Å². The molecule has 0 fully saturated rings. The predicted molar refractivity (Wildman–Crippen MR) is 196 cm³/mol. The minimum atomic E-state index is -0.0191. The fraction of sp³-hybridized carbons (Fsp3) is 0.0667. The number of aliphatic hydroxyl groups excluding tert-OH is 1. The van der Waals surface area contributed by atoms with Crippen LogP contribution in [0.1, 0.15) is 11.1 Å². The number of aliphatic hydroxyl groups is 1. The maximum Gasteiger partial charge on any atom is 0.127 e. The quantitative estimate of drug-likeness (QED) is 0.205. The molecule has 0 saturated carbocycles. The second kappa shape index (κ2) is 11.3. The summed E-state index contributed by atoms with van der Waals surface area (Å²) in [6.07, 6.45) is 0.860. The average molecular weight is 605 g/mol. The molecule has 1 N–H and O–H groups in total. The second-order valence-corrected chi connectivity index (χ2v) is 12.4. The number of fused-ring (bicyclic) bond motifs is 6. The monoisotopic (exact) mass is 604 g/mol. The first-order chi connectivity index (χ1) is 23.3. The molecule has 9 rings (SSSR count). The van der Waals surface area contributed by atoms with Gasteiger partial charge < -0.3 is 9.84 Å². The summed E-state index contributed by atoms with van der Waals surface area (Å²) in [6.45, 7) is 0.247. The molecular weight excluding hydrogens is 572 g/mol. The largest absolute Gasteiger partial charge is 0.491 e. The molecule has 0 amide bonds. The molecule has 0 atom stereocenters. The summed E-state index contributed by atoms with van der Waals surface area (Å²) < 4.78 is 5.97. The smallest absolute Gasteiger partial charge is 0.127 e. The van der Waals surface area contributed by atoms with Crippen LogP contribution in [0.5, 0.6) is 5.75 Å². The molecule has 0 heterocycles. The number of benzene rings is 8. The van der Waals surface area contributed by atoms with E-state index in [-0.39, 0.29) is 13.2 Å². The Morgan fingerprint density at radius 2 is 1.04 bits per heavy atom. The van der Waals surface area contributed by atoms with E-state index in [2.05, 4.69) is 152 Å². The fourth-order valence-electron chi connectivity index (χ4n) is 7.60. The van der Waals surface area contributed by atoms with Crippen molar-refractivity contribution < 1.29 is 9.84 Å². The highest BCUT2D eigenvalue weighted by atomic mass is 16.5. The summed E-state index contributed by atoms with van der Waals surface area (Å²) in [5, 5.41) is 16.6. The lowest BCUT2D eigenvalue weighted by molar-refractivity contribution is 0.203. The van der Waals surface area contributed by atoms with Gasteiger partial charge in [-0.25, -0.2) is 0 Å². The molecule has 0 unspecified atom stereocenters. The molecule has 0 aromatic heterocycles. The minimum Gasteiger partial charge on any atom is -0.491 e. The molecule has 1 aliphatic rings. The van der Waals surface area contributed by atoms with Gasteiger partial charge in [-0.3, -0.25) is 0 Å². The van der Waals surface area contributed by atoms with Crippen molar-refractivity contribution in [2.75, 3.05) is 13.2 Å². The lowest BCUT2D eigenvalue weighted by Crippen LogP contribution is -2.02. The molecule has 2 heteroatoms. The molecule has 0 saturated heterocycles. The van der Waals surface area contributed by atoms with Gasteiger partial charge in [-0.05, 0) is 107 Å². The van der Waals surface area contributed by atoms with Crippen molar-refractivity contribution in [1.29, 1.82) is 0 Å². The van der Waals surface area contributed by atoms with E-state index in [4.69, 9.17) is 4.74 Å². The van der Waals surface area contributed by atoms with Gasteiger partial charge in [0.05, 0.1) is 6.61 Å². The van der Waals surface area contributed by atoms with Crippen LogP contribution in [0.2, 0.25) is 0 Å². The maximum absolute atomic E-state index is 9.45. The van der Waals surface area contributed by atoms with E-state index in [0.717, 1.165) is 22.9 Å². The van der Waals surface area contributed by atoms with Gasteiger partial charge in [0.1, 0.15) is 12.4 Å². The average Bonchev–Trinajstić information content (AvgIpc) is 3.52. The lowest BCUT2D eigenvalue weighted by Gasteiger charge is -2.19. The Labute approximate surface area is 274 Å².